The zero-order valence-electron chi connectivity index (χ0n) is 15.2. The van der Waals surface area contributed by atoms with Crippen molar-refractivity contribution in [1.29, 1.82) is 0 Å². The second-order valence-electron chi connectivity index (χ2n) is 6.06. The highest BCUT2D eigenvalue weighted by Gasteiger charge is 2.17. The number of amidine groups is 1. The molecule has 0 amide bonds. The number of nitrogens with two attached hydrogens (primary N) is 1. The molecule has 146 valence electrons. The maximum absolute atomic E-state index is 11.1. The van der Waals surface area contributed by atoms with Crippen LogP contribution in [0.25, 0.3) is 0 Å². The lowest BCUT2D eigenvalue weighted by atomic mass is 10.1. The largest absolute Gasteiger partial charge is 0.378 e. The Morgan fingerprint density at radius 1 is 1.25 bits per heavy atom. The second-order valence-corrected chi connectivity index (χ2v) is 7.05. The van der Waals surface area contributed by atoms with Crippen molar-refractivity contribution in [2.75, 3.05) is 31.2 Å². The van der Waals surface area contributed by atoms with Crippen LogP contribution in [0, 0.1) is 10.1 Å². The summed E-state index contributed by atoms with van der Waals surface area (Å²) in [7, 11) is 0. The van der Waals surface area contributed by atoms with Gasteiger partial charge in [-0.3, -0.25) is 10.1 Å². The number of non-ortho nitro benzene ring substituents is 1. The minimum absolute atomic E-state index is 0.00821. The minimum atomic E-state index is -0.423. The lowest BCUT2D eigenvalue weighted by Gasteiger charge is -2.29. The van der Waals surface area contributed by atoms with Gasteiger partial charge < -0.3 is 15.4 Å². The van der Waals surface area contributed by atoms with Crippen LogP contribution in [0.2, 0.25) is 0 Å². The first-order valence-corrected chi connectivity index (χ1v) is 9.76. The molecule has 0 spiro atoms. The highest BCUT2D eigenvalue weighted by atomic mass is 32.2. The van der Waals surface area contributed by atoms with Crippen molar-refractivity contribution in [2.24, 2.45) is 15.9 Å². The van der Waals surface area contributed by atoms with Crippen molar-refractivity contribution < 1.29 is 9.66 Å². The van der Waals surface area contributed by atoms with Gasteiger partial charge in [0.05, 0.1) is 24.4 Å². The van der Waals surface area contributed by atoms with Gasteiger partial charge in [-0.05, 0) is 11.6 Å². The van der Waals surface area contributed by atoms with E-state index in [1.807, 2.05) is 30.3 Å². The topological polar surface area (TPSA) is 106 Å². The van der Waals surface area contributed by atoms with Crippen molar-refractivity contribution in [2.45, 2.75) is 5.75 Å². The Kier molecular flexibility index (Phi) is 6.99. The Bertz CT molecular complexity index is 867. The van der Waals surface area contributed by atoms with Crippen LogP contribution >= 0.6 is 11.8 Å². The van der Waals surface area contributed by atoms with E-state index in [0.717, 1.165) is 24.3 Å². The van der Waals surface area contributed by atoms with Crippen LogP contribution in [0.5, 0.6) is 0 Å². The third-order valence-corrected chi connectivity index (χ3v) is 5.01. The summed E-state index contributed by atoms with van der Waals surface area (Å²) in [6, 6.07) is 14.7. The average molecular weight is 399 g/mol. The number of nitrogens with zero attached hydrogens (tertiary/aromatic N) is 4. The van der Waals surface area contributed by atoms with Crippen LogP contribution < -0.4 is 10.6 Å². The Balaban J connectivity index is 1.73. The molecule has 28 heavy (non-hydrogen) atoms. The predicted molar refractivity (Wildman–Crippen MR) is 113 cm³/mol. The summed E-state index contributed by atoms with van der Waals surface area (Å²) in [5, 5.41) is 19.5. The van der Waals surface area contributed by atoms with Gasteiger partial charge in [0.2, 0.25) is 0 Å². The van der Waals surface area contributed by atoms with Gasteiger partial charge in [0.25, 0.3) is 5.69 Å². The first kappa shape index (κ1) is 19.8. The first-order valence-electron chi connectivity index (χ1n) is 8.78. The normalized spacial score (nSPS) is 15.1. The predicted octanol–water partition coefficient (Wildman–Crippen LogP) is 3.01. The molecule has 1 fully saturated rings. The van der Waals surface area contributed by atoms with E-state index < -0.39 is 4.92 Å². The SMILES string of the molecule is NC(=NN=Cc1cc([N+](=O)[O-])ccc1N1CCOCC1)SCc1ccccc1. The molecular formula is C19H21N5O3S. The van der Waals surface area contributed by atoms with Gasteiger partial charge in [-0.25, -0.2) is 0 Å². The van der Waals surface area contributed by atoms with Crippen LogP contribution in [0.4, 0.5) is 11.4 Å². The Labute approximate surface area is 167 Å². The van der Waals surface area contributed by atoms with E-state index in [0.29, 0.717) is 29.7 Å². The maximum atomic E-state index is 11.1. The van der Waals surface area contributed by atoms with Crippen molar-refractivity contribution in [1.82, 2.24) is 0 Å². The number of nitro benzene ring substituents is 1. The van der Waals surface area contributed by atoms with Crippen molar-refractivity contribution in [3.8, 4) is 0 Å². The highest BCUT2D eigenvalue weighted by molar-refractivity contribution is 8.13. The number of anilines is 1. The molecule has 0 atom stereocenters. The first-order chi connectivity index (χ1) is 13.6. The quantitative estimate of drug-likeness (QED) is 0.346. The molecule has 1 aliphatic heterocycles. The summed E-state index contributed by atoms with van der Waals surface area (Å²) in [5.74, 6) is 0.696. The molecule has 0 saturated carbocycles. The van der Waals surface area contributed by atoms with E-state index in [1.54, 1.807) is 6.07 Å². The number of rotatable bonds is 6. The standard InChI is InChI=1S/C19H21N5O3S/c20-19(28-14-15-4-2-1-3-5-15)22-21-13-16-12-17(24(25)26)6-7-18(16)23-8-10-27-11-9-23/h1-7,12-13H,8-11,14H2,(H2,20,22). The summed E-state index contributed by atoms with van der Waals surface area (Å²) in [6.45, 7) is 2.68. The molecule has 0 aliphatic carbocycles. The zero-order chi connectivity index (χ0) is 19.8. The lowest BCUT2D eigenvalue weighted by molar-refractivity contribution is -0.384. The molecule has 2 aromatic carbocycles. The lowest BCUT2D eigenvalue weighted by Crippen LogP contribution is -2.36. The molecule has 1 heterocycles. The highest BCUT2D eigenvalue weighted by Crippen LogP contribution is 2.25. The number of morpholine rings is 1. The van der Waals surface area contributed by atoms with Crippen molar-refractivity contribution in [3.05, 3.63) is 69.8 Å². The fraction of sp³-hybridized carbons (Fsp3) is 0.263. The van der Waals surface area contributed by atoms with E-state index in [2.05, 4.69) is 15.1 Å². The number of ether oxygens (including phenoxy) is 1. The van der Waals surface area contributed by atoms with Gasteiger partial charge >= 0.3 is 0 Å². The molecule has 0 unspecified atom stereocenters. The number of nitro groups is 1. The molecular weight excluding hydrogens is 378 g/mol. The van der Waals surface area contributed by atoms with Gasteiger partial charge in [-0.15, -0.1) is 5.10 Å². The Hall–Kier alpha value is -2.91. The fourth-order valence-electron chi connectivity index (χ4n) is 2.76. The second kappa shape index (κ2) is 9.86. The van der Waals surface area contributed by atoms with Gasteiger partial charge in [0.1, 0.15) is 0 Å². The van der Waals surface area contributed by atoms with E-state index in [1.165, 1.54) is 30.1 Å². The van der Waals surface area contributed by atoms with Crippen molar-refractivity contribution >= 4 is 34.5 Å². The number of hydrogen-bond acceptors (Lipinski definition) is 7. The third-order valence-electron chi connectivity index (χ3n) is 4.16. The van der Waals surface area contributed by atoms with Gasteiger partial charge in [-0.1, -0.05) is 42.1 Å². The molecule has 0 bridgehead atoms. The zero-order valence-corrected chi connectivity index (χ0v) is 16.0. The molecule has 2 N–H and O–H groups in total. The van der Waals surface area contributed by atoms with Crippen molar-refractivity contribution in [3.63, 3.8) is 0 Å². The molecule has 9 heteroatoms. The number of thioether (sulfide) groups is 1. The monoisotopic (exact) mass is 399 g/mol. The van der Waals surface area contributed by atoms with E-state index >= 15 is 0 Å². The summed E-state index contributed by atoms with van der Waals surface area (Å²) in [6.07, 6.45) is 1.51. The fourth-order valence-corrected chi connectivity index (χ4v) is 3.37. The van der Waals surface area contributed by atoms with Crippen LogP contribution in [0.1, 0.15) is 11.1 Å². The molecule has 2 aromatic rings. The number of benzene rings is 2. The van der Waals surface area contributed by atoms with Gasteiger partial charge in [0.15, 0.2) is 5.17 Å². The minimum Gasteiger partial charge on any atom is -0.378 e. The number of hydrogen-bond donors (Lipinski definition) is 1. The summed E-state index contributed by atoms with van der Waals surface area (Å²) < 4.78 is 5.37. The summed E-state index contributed by atoms with van der Waals surface area (Å²) in [4.78, 5) is 12.8. The van der Waals surface area contributed by atoms with E-state index in [4.69, 9.17) is 10.5 Å². The van der Waals surface area contributed by atoms with Crippen LogP contribution in [0.3, 0.4) is 0 Å². The van der Waals surface area contributed by atoms with Crippen LogP contribution in [0.15, 0.2) is 58.7 Å². The Morgan fingerprint density at radius 3 is 2.71 bits per heavy atom. The van der Waals surface area contributed by atoms with Crippen LogP contribution in [-0.4, -0.2) is 42.6 Å². The molecule has 3 rings (SSSR count). The van der Waals surface area contributed by atoms with Gasteiger partial charge in [-0.2, -0.15) is 5.10 Å². The Morgan fingerprint density at radius 2 is 2.00 bits per heavy atom. The smallest absolute Gasteiger partial charge is 0.270 e. The van der Waals surface area contributed by atoms with Gasteiger partial charge in [0, 0.05) is 42.2 Å². The third kappa shape index (κ3) is 5.54. The molecule has 0 radical (unpaired) electrons. The van der Waals surface area contributed by atoms with Crippen LogP contribution in [-0.2, 0) is 10.5 Å². The molecule has 8 nitrogen and oxygen atoms in total. The molecule has 1 saturated heterocycles. The maximum Gasteiger partial charge on any atom is 0.270 e. The summed E-state index contributed by atoms with van der Waals surface area (Å²) in [5.41, 5.74) is 8.55. The van der Waals surface area contributed by atoms with E-state index in [-0.39, 0.29) is 5.69 Å². The molecule has 0 aromatic heterocycles. The molecule has 1 aliphatic rings. The van der Waals surface area contributed by atoms with E-state index in [9.17, 15) is 10.1 Å². The summed E-state index contributed by atoms with van der Waals surface area (Å²) >= 11 is 1.38. The average Bonchev–Trinajstić information content (AvgIpc) is 2.73.